The number of nitrogens with zero attached hydrogens (tertiary/aromatic N) is 2. The Labute approximate surface area is 113 Å². The van der Waals surface area contributed by atoms with Crippen LogP contribution in [0.25, 0.3) is 0 Å². The van der Waals surface area contributed by atoms with Gasteiger partial charge in [-0.3, -0.25) is 9.11 Å². The lowest BCUT2D eigenvalue weighted by Gasteiger charge is -2.35. The van der Waals surface area contributed by atoms with E-state index in [0.717, 1.165) is 18.7 Å². The maximum Gasteiger partial charge on any atom is 0.165 e. The van der Waals surface area contributed by atoms with Gasteiger partial charge in [-0.05, 0) is 23.6 Å². The number of phenolic OH excluding ortho intramolecular Hbond substituents is 1. The molecule has 1 aliphatic heterocycles. The van der Waals surface area contributed by atoms with Crippen molar-refractivity contribution in [2.24, 2.45) is 0 Å². The largest absolute Gasteiger partial charge is 0.505 e. The molecule has 1 aliphatic rings. The summed E-state index contributed by atoms with van der Waals surface area (Å²) in [4.78, 5) is 2.17. The minimum absolute atomic E-state index is 0.323. The first-order valence-corrected chi connectivity index (χ1v) is 8.22. The summed E-state index contributed by atoms with van der Waals surface area (Å²) >= 11 is 0. The molecule has 1 fully saturated rings. The third kappa shape index (κ3) is 3.68. The van der Waals surface area contributed by atoms with Gasteiger partial charge in [0.05, 0.1) is 0 Å². The fourth-order valence-corrected chi connectivity index (χ4v) is 3.12. The Morgan fingerprint density at radius 1 is 1.37 bits per heavy atom. The van der Waals surface area contributed by atoms with Crippen molar-refractivity contribution >= 4 is 15.6 Å². The van der Waals surface area contributed by atoms with Gasteiger partial charge in [-0.25, -0.2) is 8.70 Å². The Kier molecular flexibility index (Phi) is 4.13. The zero-order chi connectivity index (χ0) is 14.0. The lowest BCUT2D eigenvalue weighted by molar-refractivity contribution is 0.185. The fourth-order valence-electron chi connectivity index (χ4n) is 2.18. The van der Waals surface area contributed by atoms with Gasteiger partial charge in [0.1, 0.15) is 0 Å². The van der Waals surface area contributed by atoms with Crippen molar-refractivity contribution in [3.05, 3.63) is 29.6 Å². The van der Waals surface area contributed by atoms with E-state index in [2.05, 4.69) is 10.8 Å². The highest BCUT2D eigenvalue weighted by atomic mass is 32.2. The highest BCUT2D eigenvalue weighted by Gasteiger charge is 2.20. The number of piperazine rings is 1. The summed E-state index contributed by atoms with van der Waals surface area (Å²) in [6.07, 6.45) is 1.65. The molecule has 1 unspecified atom stereocenters. The molecule has 0 radical (unpaired) electrons. The normalized spacial score (nSPS) is 21.2. The lowest BCUT2D eigenvalue weighted by Crippen LogP contribution is -2.47. The highest BCUT2D eigenvalue weighted by molar-refractivity contribution is 7.97. The third-order valence-corrected chi connectivity index (χ3v) is 4.75. The van der Waals surface area contributed by atoms with E-state index in [1.54, 1.807) is 12.3 Å². The molecule has 1 aromatic rings. The van der Waals surface area contributed by atoms with Crippen molar-refractivity contribution in [3.63, 3.8) is 0 Å². The van der Waals surface area contributed by atoms with Crippen LogP contribution in [0.1, 0.15) is 5.56 Å². The Morgan fingerprint density at radius 2 is 2.00 bits per heavy atom. The molecule has 4 nitrogen and oxygen atoms in total. The molecule has 2 rings (SSSR count). The van der Waals surface area contributed by atoms with Crippen LogP contribution in [0.3, 0.4) is 0 Å². The van der Waals surface area contributed by atoms with Crippen molar-refractivity contribution in [2.75, 3.05) is 32.4 Å². The summed E-state index contributed by atoms with van der Waals surface area (Å²) in [5.74, 6) is 2.77. The van der Waals surface area contributed by atoms with E-state index in [1.807, 2.05) is 4.31 Å². The summed E-state index contributed by atoms with van der Waals surface area (Å²) in [7, 11) is -2.12. The zero-order valence-corrected chi connectivity index (χ0v) is 11.8. The third-order valence-electron chi connectivity index (χ3n) is 3.30. The summed E-state index contributed by atoms with van der Waals surface area (Å²) in [6, 6.07) is 4.44. The molecule has 0 amide bonds. The van der Waals surface area contributed by atoms with Gasteiger partial charge in [0.25, 0.3) is 0 Å². The minimum Gasteiger partial charge on any atom is -0.505 e. The second-order valence-corrected chi connectivity index (χ2v) is 7.39. The van der Waals surface area contributed by atoms with Crippen molar-refractivity contribution in [3.8, 4) is 5.75 Å². The van der Waals surface area contributed by atoms with Crippen LogP contribution in [0.5, 0.6) is 5.75 Å². The average Bonchev–Trinajstić information content (AvgIpc) is 2.33. The molecule has 1 atom stereocenters. The zero-order valence-electron chi connectivity index (χ0n) is 11.0. The van der Waals surface area contributed by atoms with Crippen molar-refractivity contribution in [1.29, 1.82) is 0 Å². The quantitative estimate of drug-likeness (QED) is 0.840. The number of halogens is 1. The van der Waals surface area contributed by atoms with Crippen LogP contribution in [-0.2, 0) is 16.3 Å². The fraction of sp³-hybridized carbons (Fsp3) is 0.462. The van der Waals surface area contributed by atoms with Gasteiger partial charge < -0.3 is 5.11 Å². The number of aromatic hydroxyl groups is 1. The molecule has 1 aromatic carbocycles. The minimum atomic E-state index is -2.12. The van der Waals surface area contributed by atoms with Crippen LogP contribution >= 0.6 is 0 Å². The van der Waals surface area contributed by atoms with Gasteiger partial charge in [-0.1, -0.05) is 6.07 Å². The van der Waals surface area contributed by atoms with Gasteiger partial charge in [0, 0.05) is 48.7 Å². The van der Waals surface area contributed by atoms with Crippen LogP contribution < -0.4 is 0 Å². The van der Waals surface area contributed by atoms with E-state index in [9.17, 15) is 8.60 Å². The molecule has 1 heterocycles. The first-order chi connectivity index (χ1) is 8.86. The Bertz CT molecular complexity index is 552. The first-order valence-electron chi connectivity index (χ1n) is 6.13. The van der Waals surface area contributed by atoms with Gasteiger partial charge >= 0.3 is 0 Å². The molecule has 106 valence electrons. The topological polar surface area (TPSA) is 43.8 Å². The second kappa shape index (κ2) is 5.48. The van der Waals surface area contributed by atoms with Crippen LogP contribution in [0.2, 0.25) is 0 Å². The number of hydrogen-bond donors (Lipinski definition) is 1. The summed E-state index contributed by atoms with van der Waals surface area (Å²) in [5, 5.41) is 9.14. The Hall–Kier alpha value is -1.11. The van der Waals surface area contributed by atoms with Crippen LogP contribution in [0.4, 0.5) is 4.39 Å². The summed E-state index contributed by atoms with van der Waals surface area (Å²) in [6.45, 7) is 3.61. The first kappa shape index (κ1) is 14.3. The van der Waals surface area contributed by atoms with Gasteiger partial charge in [-0.15, -0.1) is 0 Å². The lowest BCUT2D eigenvalue weighted by atomic mass is 10.2. The van der Waals surface area contributed by atoms with E-state index < -0.39 is 15.5 Å². The molecule has 0 spiro atoms. The number of benzene rings is 1. The second-order valence-electron chi connectivity index (χ2n) is 4.95. The molecule has 19 heavy (non-hydrogen) atoms. The van der Waals surface area contributed by atoms with Gasteiger partial charge in [0.2, 0.25) is 0 Å². The molecule has 0 aromatic heterocycles. The number of phenols is 1. The Morgan fingerprint density at radius 3 is 2.53 bits per heavy atom. The molecule has 0 bridgehead atoms. The molecule has 0 saturated carbocycles. The molecular formula is C13H19FN2O2S. The predicted molar refractivity (Wildman–Crippen MR) is 76.1 cm³/mol. The summed E-state index contributed by atoms with van der Waals surface area (Å²) in [5.41, 5.74) is 0.829. The summed E-state index contributed by atoms with van der Waals surface area (Å²) < 4.78 is 26.9. The number of rotatable bonds is 3. The predicted octanol–water partition coefficient (Wildman–Crippen LogP) is 0.910. The van der Waals surface area contributed by atoms with Gasteiger partial charge in [-0.2, -0.15) is 0 Å². The van der Waals surface area contributed by atoms with Crippen molar-refractivity contribution in [1.82, 2.24) is 9.21 Å². The maximum atomic E-state index is 13.2. The SMILES string of the molecule is C=S(C)(=O)N1CCN(Cc2ccc(O)c(F)c2)CC1. The van der Waals surface area contributed by atoms with Gasteiger partial charge in [0.15, 0.2) is 11.6 Å². The number of hydrogen-bond acceptors (Lipinski definition) is 3. The van der Waals surface area contributed by atoms with E-state index in [4.69, 9.17) is 5.11 Å². The molecule has 0 aliphatic carbocycles. The van der Waals surface area contributed by atoms with Crippen molar-refractivity contribution < 1.29 is 13.7 Å². The molecule has 1 saturated heterocycles. The smallest absolute Gasteiger partial charge is 0.165 e. The van der Waals surface area contributed by atoms with E-state index in [-0.39, 0.29) is 5.75 Å². The average molecular weight is 286 g/mol. The van der Waals surface area contributed by atoms with E-state index in [1.165, 1.54) is 12.1 Å². The monoisotopic (exact) mass is 286 g/mol. The maximum absolute atomic E-state index is 13.2. The van der Waals surface area contributed by atoms with Crippen LogP contribution in [0.15, 0.2) is 18.2 Å². The standard InChI is InChI=1S/C13H19FN2O2S/c1-19(2,18)16-7-5-15(6-8-16)10-11-3-4-13(17)12(14)9-11/h3-4,9,17H,1,5-8,10H2,2H3. The molecular weight excluding hydrogens is 267 g/mol. The van der Waals surface area contributed by atoms with Crippen molar-refractivity contribution in [2.45, 2.75) is 6.54 Å². The van der Waals surface area contributed by atoms with Crippen LogP contribution in [0, 0.1) is 5.82 Å². The highest BCUT2D eigenvalue weighted by Crippen LogP contribution is 2.18. The molecule has 1 N–H and O–H groups in total. The van der Waals surface area contributed by atoms with E-state index >= 15 is 0 Å². The molecule has 6 heteroatoms. The van der Waals surface area contributed by atoms with E-state index in [0.29, 0.717) is 19.6 Å². The van der Waals surface area contributed by atoms with Crippen LogP contribution in [-0.4, -0.2) is 56.8 Å². The Balaban J connectivity index is 1.94.